The summed E-state index contributed by atoms with van der Waals surface area (Å²) in [6.45, 7) is 2.58. The minimum absolute atomic E-state index is 0.191. The van der Waals surface area contributed by atoms with Gasteiger partial charge in [-0.05, 0) is 5.21 Å². The van der Waals surface area contributed by atoms with Gasteiger partial charge in [-0.3, -0.25) is 0 Å². The third-order valence-electron chi connectivity index (χ3n) is 6.05. The summed E-state index contributed by atoms with van der Waals surface area (Å²) >= 11 is -0.191. The van der Waals surface area contributed by atoms with Crippen LogP contribution >= 0.6 is 0 Å². The number of imidazole rings is 1. The molecule has 0 radical (unpaired) electrons. The summed E-state index contributed by atoms with van der Waals surface area (Å²) in [5.74, 6) is 0.435. The number of aromatic carboxylic acids is 1. The molecule has 0 spiro atoms. The van der Waals surface area contributed by atoms with Gasteiger partial charge in [0.05, 0.1) is 0 Å². The SMILES string of the molecule is CCCCc1nc([Se]c2ccccc2)c(C(=O)O)n1Cc1ccc(-c2ccccc2-c2nn[nH]n2)cc1. The van der Waals surface area contributed by atoms with Gasteiger partial charge in [0.25, 0.3) is 0 Å². The fourth-order valence-electron chi connectivity index (χ4n) is 4.23. The van der Waals surface area contributed by atoms with Gasteiger partial charge in [0.2, 0.25) is 0 Å². The third kappa shape index (κ3) is 5.53. The van der Waals surface area contributed by atoms with Crippen LogP contribution in [0.2, 0.25) is 0 Å². The number of rotatable bonds is 10. The molecule has 8 nitrogen and oxygen atoms in total. The molecule has 0 aliphatic heterocycles. The van der Waals surface area contributed by atoms with Crippen LogP contribution < -0.4 is 9.05 Å². The molecule has 5 rings (SSSR count). The molecule has 0 amide bonds. The number of hydrogen-bond donors (Lipinski definition) is 2. The van der Waals surface area contributed by atoms with Gasteiger partial charge in [-0.1, -0.05) is 0 Å². The van der Waals surface area contributed by atoms with E-state index in [4.69, 9.17) is 4.98 Å². The maximum absolute atomic E-state index is 12.4. The molecule has 37 heavy (non-hydrogen) atoms. The van der Waals surface area contributed by atoms with E-state index in [2.05, 4.69) is 27.5 Å². The quantitative estimate of drug-likeness (QED) is 0.255. The predicted octanol–water partition coefficient (Wildman–Crippen LogP) is 3.47. The molecule has 0 saturated heterocycles. The third-order valence-corrected chi connectivity index (χ3v) is 8.12. The molecule has 186 valence electrons. The molecule has 3 aromatic carbocycles. The Labute approximate surface area is 220 Å². The van der Waals surface area contributed by atoms with Crippen LogP contribution in [0.15, 0.2) is 78.9 Å². The van der Waals surface area contributed by atoms with E-state index in [0.717, 1.165) is 51.8 Å². The van der Waals surface area contributed by atoms with Crippen molar-refractivity contribution in [2.75, 3.05) is 0 Å². The summed E-state index contributed by atoms with van der Waals surface area (Å²) in [5.41, 5.74) is 4.22. The predicted molar refractivity (Wildman–Crippen MR) is 143 cm³/mol. The summed E-state index contributed by atoms with van der Waals surface area (Å²) in [6, 6.07) is 26.1. The zero-order valence-electron chi connectivity index (χ0n) is 20.3. The second-order valence-electron chi connectivity index (χ2n) is 8.57. The van der Waals surface area contributed by atoms with E-state index in [1.165, 1.54) is 0 Å². The van der Waals surface area contributed by atoms with Crippen LogP contribution in [0.5, 0.6) is 0 Å². The molecule has 0 bridgehead atoms. The van der Waals surface area contributed by atoms with E-state index in [-0.39, 0.29) is 15.0 Å². The van der Waals surface area contributed by atoms with Gasteiger partial charge in [-0.2, -0.15) is 5.21 Å². The molecule has 2 heterocycles. The van der Waals surface area contributed by atoms with Gasteiger partial charge < -0.3 is 0 Å². The van der Waals surface area contributed by atoms with Gasteiger partial charge in [-0.15, -0.1) is 0 Å². The van der Waals surface area contributed by atoms with Crippen LogP contribution in [0.1, 0.15) is 41.6 Å². The number of tetrazole rings is 1. The standard InChI is InChI=1S/C28H26N6O2Se/c1-2-3-13-24-29-27(37-21-9-5-4-6-10-21)25(28(35)36)34(24)18-19-14-16-20(17-15-19)22-11-7-8-12-23(22)26-30-32-33-31-26/h4-12,14-17H,2-3,13,18H2,1H3,(H,35,36)(H,30,31,32,33). The Bertz CT molecular complexity index is 1480. The summed E-state index contributed by atoms with van der Waals surface area (Å²) in [5, 5.41) is 24.6. The van der Waals surface area contributed by atoms with Crippen LogP contribution in [0, 0.1) is 0 Å². The van der Waals surface area contributed by atoms with E-state index in [1.54, 1.807) is 0 Å². The molecule has 0 saturated carbocycles. The Morgan fingerprint density at radius 1 is 0.973 bits per heavy atom. The fraction of sp³-hybridized carbons (Fsp3) is 0.179. The number of aromatic nitrogens is 6. The molecule has 0 aliphatic rings. The number of hydrogen-bond acceptors (Lipinski definition) is 5. The first-order chi connectivity index (χ1) is 18.1. The Morgan fingerprint density at radius 3 is 2.38 bits per heavy atom. The van der Waals surface area contributed by atoms with Gasteiger partial charge in [0.1, 0.15) is 0 Å². The van der Waals surface area contributed by atoms with Gasteiger partial charge in [0, 0.05) is 0 Å². The van der Waals surface area contributed by atoms with Crippen molar-refractivity contribution in [1.29, 1.82) is 0 Å². The number of aryl methyl sites for hydroxylation is 1. The number of unbranched alkanes of at least 4 members (excludes halogenated alkanes) is 1. The number of benzene rings is 3. The molecular weight excluding hydrogens is 531 g/mol. The van der Waals surface area contributed by atoms with Crippen LogP contribution in [0.25, 0.3) is 22.5 Å². The van der Waals surface area contributed by atoms with Crippen molar-refractivity contribution in [1.82, 2.24) is 30.2 Å². The van der Waals surface area contributed by atoms with Gasteiger partial charge in [0.15, 0.2) is 0 Å². The van der Waals surface area contributed by atoms with E-state index in [9.17, 15) is 9.90 Å². The van der Waals surface area contributed by atoms with Crippen molar-refractivity contribution in [3.05, 3.63) is 95.9 Å². The molecule has 5 aromatic rings. The van der Waals surface area contributed by atoms with Gasteiger partial charge >= 0.3 is 211 Å². The van der Waals surface area contributed by atoms with E-state index >= 15 is 0 Å². The van der Waals surface area contributed by atoms with Crippen molar-refractivity contribution < 1.29 is 9.90 Å². The van der Waals surface area contributed by atoms with Crippen LogP contribution in [0.3, 0.4) is 0 Å². The first kappa shape index (κ1) is 24.6. The van der Waals surface area contributed by atoms with Crippen LogP contribution in [-0.4, -0.2) is 56.2 Å². The Kier molecular flexibility index (Phi) is 7.54. The summed E-state index contributed by atoms with van der Waals surface area (Å²) < 4.78 is 3.66. The van der Waals surface area contributed by atoms with Crippen molar-refractivity contribution in [2.45, 2.75) is 32.7 Å². The second kappa shape index (κ2) is 11.3. The zero-order chi connectivity index (χ0) is 25.6. The molecule has 0 fully saturated rings. The first-order valence-corrected chi connectivity index (χ1v) is 13.8. The van der Waals surface area contributed by atoms with Crippen molar-refractivity contribution >= 4 is 30.0 Å². The first-order valence-electron chi connectivity index (χ1n) is 12.1. The normalized spacial score (nSPS) is 11.1. The average molecular weight is 558 g/mol. The number of nitrogens with one attached hydrogen (secondary N) is 1. The fourth-order valence-corrected chi connectivity index (χ4v) is 6.25. The number of carbonyl (C=O) groups is 1. The second-order valence-corrected chi connectivity index (χ2v) is 10.8. The molecular formula is C28H26N6O2Se. The molecule has 0 aliphatic carbocycles. The zero-order valence-corrected chi connectivity index (χ0v) is 22.0. The molecule has 0 unspecified atom stereocenters. The van der Waals surface area contributed by atoms with Crippen LogP contribution in [-0.2, 0) is 13.0 Å². The minimum atomic E-state index is -0.936. The number of carboxylic acids is 1. The van der Waals surface area contributed by atoms with Crippen molar-refractivity contribution in [3.8, 4) is 22.5 Å². The molecule has 0 atom stereocenters. The molecule has 2 N–H and O–H groups in total. The van der Waals surface area contributed by atoms with Gasteiger partial charge in [-0.25, -0.2) is 0 Å². The number of nitrogens with zero attached hydrogens (tertiary/aromatic N) is 5. The Hall–Kier alpha value is -4.07. The molecule has 2 aromatic heterocycles. The summed E-state index contributed by atoms with van der Waals surface area (Å²) in [6.07, 6.45) is 2.72. The maximum atomic E-state index is 12.4. The van der Waals surface area contributed by atoms with E-state index in [0.29, 0.717) is 22.7 Å². The van der Waals surface area contributed by atoms with Crippen LogP contribution in [0.4, 0.5) is 0 Å². The Morgan fingerprint density at radius 2 is 1.70 bits per heavy atom. The molecule has 9 heteroatoms. The summed E-state index contributed by atoms with van der Waals surface area (Å²) in [4.78, 5) is 17.3. The van der Waals surface area contributed by atoms with E-state index in [1.807, 2.05) is 83.4 Å². The average Bonchev–Trinajstić information content (AvgIpc) is 3.57. The topological polar surface area (TPSA) is 110 Å². The van der Waals surface area contributed by atoms with E-state index < -0.39 is 5.97 Å². The van der Waals surface area contributed by atoms with Crippen molar-refractivity contribution in [2.24, 2.45) is 0 Å². The number of H-pyrrole nitrogens is 1. The Balaban J connectivity index is 1.47. The summed E-state index contributed by atoms with van der Waals surface area (Å²) in [7, 11) is 0. The number of aromatic amines is 1. The number of carboxylic acid groups (broad SMARTS) is 1. The monoisotopic (exact) mass is 558 g/mol. The van der Waals surface area contributed by atoms with Crippen molar-refractivity contribution in [3.63, 3.8) is 0 Å².